The van der Waals surface area contributed by atoms with Crippen molar-refractivity contribution in [3.8, 4) is 0 Å². The first-order valence-corrected chi connectivity index (χ1v) is 9.92. The molecule has 0 aliphatic carbocycles. The molecule has 0 saturated carbocycles. The van der Waals surface area contributed by atoms with Crippen LogP contribution in [-0.4, -0.2) is 45.1 Å². The summed E-state index contributed by atoms with van der Waals surface area (Å²) in [6.07, 6.45) is 11.1. The van der Waals surface area contributed by atoms with Gasteiger partial charge >= 0.3 is 0 Å². The Morgan fingerprint density at radius 1 is 1.33 bits per heavy atom. The topological polar surface area (TPSA) is 101 Å². The lowest BCUT2D eigenvalue weighted by Gasteiger charge is -2.12. The van der Waals surface area contributed by atoms with Gasteiger partial charge in [-0.1, -0.05) is 19.4 Å². The predicted octanol–water partition coefficient (Wildman–Crippen LogP) is 2.37. The maximum atomic E-state index is 9.47. The van der Waals surface area contributed by atoms with Gasteiger partial charge in [0.1, 0.15) is 11.8 Å². The Kier molecular flexibility index (Phi) is 5.22. The van der Waals surface area contributed by atoms with Crippen molar-refractivity contribution in [1.29, 1.82) is 0 Å². The molecule has 0 bridgehead atoms. The first-order valence-electron chi connectivity index (χ1n) is 9.92. The Morgan fingerprint density at radius 2 is 2.22 bits per heavy atom. The van der Waals surface area contributed by atoms with E-state index in [1.165, 1.54) is 12.7 Å². The third-order valence-corrected chi connectivity index (χ3v) is 5.67. The van der Waals surface area contributed by atoms with Gasteiger partial charge in [-0.25, -0.2) is 9.50 Å². The summed E-state index contributed by atoms with van der Waals surface area (Å²) < 4.78 is 1.91. The van der Waals surface area contributed by atoms with Crippen LogP contribution in [0.1, 0.15) is 56.3 Å². The Hall–Kier alpha value is -2.25. The van der Waals surface area contributed by atoms with Crippen molar-refractivity contribution < 1.29 is 5.11 Å². The van der Waals surface area contributed by atoms with E-state index in [4.69, 9.17) is 5.73 Å². The van der Waals surface area contributed by atoms with Gasteiger partial charge in [0.15, 0.2) is 5.82 Å². The molecule has 144 valence electrons. The molecular formula is C20H28N6O. The zero-order chi connectivity index (χ0) is 18.8. The Balaban J connectivity index is 1.81. The minimum atomic E-state index is 0.135. The number of fused-ring (bicyclic) bond motifs is 1. The van der Waals surface area contributed by atoms with E-state index in [1.807, 2.05) is 10.7 Å². The van der Waals surface area contributed by atoms with Crippen LogP contribution in [0.25, 0.3) is 11.1 Å². The van der Waals surface area contributed by atoms with E-state index in [0.29, 0.717) is 11.7 Å². The number of rotatable bonds is 5. The van der Waals surface area contributed by atoms with Crippen molar-refractivity contribution in [3.05, 3.63) is 29.7 Å². The summed E-state index contributed by atoms with van der Waals surface area (Å²) in [4.78, 5) is 8.82. The first kappa shape index (κ1) is 18.1. The number of nitrogens with two attached hydrogens (primary N) is 1. The molecule has 1 fully saturated rings. The molecule has 4 rings (SSSR count). The highest BCUT2D eigenvalue weighted by Crippen LogP contribution is 2.34. The molecule has 3 atom stereocenters. The van der Waals surface area contributed by atoms with E-state index < -0.39 is 0 Å². The monoisotopic (exact) mass is 368 g/mol. The fourth-order valence-corrected chi connectivity index (χ4v) is 4.30. The van der Waals surface area contributed by atoms with Crippen LogP contribution >= 0.6 is 0 Å². The van der Waals surface area contributed by atoms with Crippen LogP contribution in [0.2, 0.25) is 0 Å². The summed E-state index contributed by atoms with van der Waals surface area (Å²) in [5.74, 6) is 1.01. The number of aliphatic hydroxyl groups excluding tert-OH is 1. The first-order chi connectivity index (χ1) is 13.2. The van der Waals surface area contributed by atoms with Crippen LogP contribution in [0.15, 0.2) is 23.5 Å². The van der Waals surface area contributed by atoms with Crippen LogP contribution in [0.4, 0.5) is 5.82 Å². The molecule has 0 amide bonds. The number of nitrogens with zero attached hydrogens (tertiary/aromatic N) is 4. The van der Waals surface area contributed by atoms with Crippen LogP contribution in [0, 0.1) is 5.92 Å². The van der Waals surface area contributed by atoms with Crippen molar-refractivity contribution in [2.45, 2.75) is 51.1 Å². The molecule has 2 aliphatic heterocycles. The van der Waals surface area contributed by atoms with Crippen LogP contribution < -0.4 is 11.1 Å². The molecule has 0 spiro atoms. The molecule has 7 heteroatoms. The minimum Gasteiger partial charge on any atom is -0.395 e. The zero-order valence-electron chi connectivity index (χ0n) is 15.8. The summed E-state index contributed by atoms with van der Waals surface area (Å²) in [7, 11) is 0. The van der Waals surface area contributed by atoms with Crippen LogP contribution in [0.3, 0.4) is 0 Å². The van der Waals surface area contributed by atoms with E-state index in [-0.39, 0.29) is 18.7 Å². The molecule has 4 N–H and O–H groups in total. The van der Waals surface area contributed by atoms with Gasteiger partial charge in [-0.15, -0.1) is 0 Å². The largest absolute Gasteiger partial charge is 0.395 e. The van der Waals surface area contributed by atoms with E-state index in [0.717, 1.165) is 54.6 Å². The van der Waals surface area contributed by atoms with Gasteiger partial charge in [-0.3, -0.25) is 4.99 Å². The number of hydrogen-bond acceptors (Lipinski definition) is 6. The minimum absolute atomic E-state index is 0.135. The highest BCUT2D eigenvalue weighted by Gasteiger charge is 2.29. The fraction of sp³-hybridized carbons (Fsp3) is 0.550. The van der Waals surface area contributed by atoms with Gasteiger partial charge in [0.05, 0.1) is 12.3 Å². The molecule has 2 aliphatic rings. The second-order valence-electron chi connectivity index (χ2n) is 7.56. The lowest BCUT2D eigenvalue weighted by molar-refractivity contribution is 0.251. The molecule has 27 heavy (non-hydrogen) atoms. The fourth-order valence-electron chi connectivity index (χ4n) is 4.30. The quantitative estimate of drug-likeness (QED) is 0.752. The van der Waals surface area contributed by atoms with Crippen molar-refractivity contribution >= 4 is 23.1 Å². The summed E-state index contributed by atoms with van der Waals surface area (Å²) >= 11 is 0. The van der Waals surface area contributed by atoms with E-state index in [1.54, 1.807) is 0 Å². The lowest BCUT2D eigenvalue weighted by atomic mass is 9.95. The summed E-state index contributed by atoms with van der Waals surface area (Å²) in [5, 5.41) is 17.5. The number of anilines is 1. The van der Waals surface area contributed by atoms with Crippen molar-refractivity contribution in [2.24, 2.45) is 10.9 Å². The average Bonchev–Trinajstić information content (AvgIpc) is 3.22. The van der Waals surface area contributed by atoms with Crippen molar-refractivity contribution in [3.63, 3.8) is 0 Å². The molecule has 4 heterocycles. The number of nitrogens with one attached hydrogen (secondary N) is 1. The molecule has 1 saturated heterocycles. The van der Waals surface area contributed by atoms with Gasteiger partial charge in [0.2, 0.25) is 0 Å². The number of aromatic nitrogens is 3. The highest BCUT2D eigenvalue weighted by atomic mass is 16.3. The van der Waals surface area contributed by atoms with E-state index in [2.05, 4.69) is 39.5 Å². The predicted molar refractivity (Wildman–Crippen MR) is 108 cm³/mol. The summed E-state index contributed by atoms with van der Waals surface area (Å²) in [6.45, 7) is 3.23. The second-order valence-corrected chi connectivity index (χ2v) is 7.56. The molecule has 2 aromatic heterocycles. The average molecular weight is 368 g/mol. The van der Waals surface area contributed by atoms with Crippen LogP contribution in [-0.2, 0) is 0 Å². The Labute approximate surface area is 159 Å². The molecule has 1 unspecified atom stereocenters. The summed E-state index contributed by atoms with van der Waals surface area (Å²) in [5.41, 5.74) is 10.3. The number of aliphatic hydroxyl groups is 1. The van der Waals surface area contributed by atoms with Gasteiger partial charge in [0, 0.05) is 30.4 Å². The number of hydrogen-bond donors (Lipinski definition) is 3. The molecule has 0 radical (unpaired) electrons. The highest BCUT2D eigenvalue weighted by molar-refractivity contribution is 6.13. The molecule has 7 nitrogen and oxygen atoms in total. The van der Waals surface area contributed by atoms with Crippen molar-refractivity contribution in [2.75, 3.05) is 18.9 Å². The Bertz CT molecular complexity index is 871. The third-order valence-electron chi connectivity index (χ3n) is 5.67. The second kappa shape index (κ2) is 7.78. The maximum Gasteiger partial charge on any atom is 0.151 e. The molecular weight excluding hydrogens is 340 g/mol. The van der Waals surface area contributed by atoms with Gasteiger partial charge < -0.3 is 16.2 Å². The normalized spacial score (nSPS) is 25.7. The SMILES string of the molecule is CCCC1C=C(c2cc([C@H]3CC[C@@H](CO)N3)n3ncnc(N)c23)C=NCC1. The van der Waals surface area contributed by atoms with Gasteiger partial charge in [-0.05, 0) is 43.2 Å². The number of nitrogen functional groups attached to an aromatic ring is 1. The third kappa shape index (κ3) is 3.49. The van der Waals surface area contributed by atoms with Crippen molar-refractivity contribution in [1.82, 2.24) is 19.9 Å². The van der Waals surface area contributed by atoms with Gasteiger partial charge in [-0.2, -0.15) is 5.10 Å². The number of allylic oxidation sites excluding steroid dienone is 2. The van der Waals surface area contributed by atoms with Gasteiger partial charge in [0.25, 0.3) is 0 Å². The lowest BCUT2D eigenvalue weighted by Crippen LogP contribution is -2.28. The van der Waals surface area contributed by atoms with E-state index >= 15 is 0 Å². The molecule has 2 aromatic rings. The standard InChI is InChI=1S/C20H28N6O/c1-2-3-13-6-7-22-10-14(8-13)16-9-18(17-5-4-15(11-27)25-17)26-19(16)20(21)23-12-24-26/h8-10,12-13,15,17,25,27H,2-7,11H2,1H3,(H2,21,23,24)/t13?,15-,17+/m0/s1. The molecule has 0 aromatic carbocycles. The van der Waals surface area contributed by atoms with E-state index in [9.17, 15) is 5.11 Å². The number of aliphatic imine (C=N–C) groups is 1. The zero-order valence-corrected chi connectivity index (χ0v) is 15.8. The smallest absolute Gasteiger partial charge is 0.151 e. The maximum absolute atomic E-state index is 9.47. The van der Waals surface area contributed by atoms with Crippen LogP contribution in [0.5, 0.6) is 0 Å². The Morgan fingerprint density at radius 3 is 3.00 bits per heavy atom. The summed E-state index contributed by atoms with van der Waals surface area (Å²) in [6, 6.07) is 2.45.